The molecule has 1 atom stereocenters. The van der Waals surface area contributed by atoms with E-state index in [9.17, 15) is 26.0 Å². The molecular weight excluding hydrogens is 494 g/mol. The Kier molecular flexibility index (Phi) is 7.04. The van der Waals surface area contributed by atoms with Crippen LogP contribution in [0.3, 0.4) is 0 Å². The van der Waals surface area contributed by atoms with Gasteiger partial charge in [-0.15, -0.1) is 0 Å². The van der Waals surface area contributed by atoms with Crippen LogP contribution in [0.15, 0.2) is 41.3 Å². The fourth-order valence-electron chi connectivity index (χ4n) is 4.73. The second kappa shape index (κ2) is 9.54. The number of halogens is 5. The maximum atomic E-state index is 13.5. The standard InChI is InChI=1S/C23H26ClF4N3O2S/c1-16-15-30(19-9-8-17(25)14-18(19)23(26,27)28)12-13-31(16)34(32,33)21-7-5-6-20(22(21)24)29-10-3-2-4-11-29/h5-9,14,16H,2-4,10-13,15H2,1H3/t16-/m1/s1. The van der Waals surface area contributed by atoms with E-state index in [1.165, 1.54) is 15.3 Å². The van der Waals surface area contributed by atoms with Gasteiger partial charge in [-0.2, -0.15) is 17.5 Å². The first-order valence-corrected chi connectivity index (χ1v) is 13.0. The van der Waals surface area contributed by atoms with Crippen molar-refractivity contribution in [2.45, 2.75) is 43.3 Å². The molecule has 0 unspecified atom stereocenters. The van der Waals surface area contributed by atoms with E-state index in [4.69, 9.17) is 11.6 Å². The number of hydrogen-bond acceptors (Lipinski definition) is 4. The van der Waals surface area contributed by atoms with Crippen LogP contribution in [0.1, 0.15) is 31.7 Å². The van der Waals surface area contributed by atoms with Crippen molar-refractivity contribution in [2.75, 3.05) is 42.5 Å². The van der Waals surface area contributed by atoms with Crippen molar-refractivity contribution < 1.29 is 26.0 Å². The Morgan fingerprint density at radius 3 is 2.29 bits per heavy atom. The molecule has 4 rings (SSSR count). The molecule has 2 aromatic carbocycles. The van der Waals surface area contributed by atoms with Crippen molar-refractivity contribution in [3.63, 3.8) is 0 Å². The van der Waals surface area contributed by atoms with Gasteiger partial charge in [0.05, 0.1) is 16.3 Å². The number of nitrogens with zero attached hydrogens (tertiary/aromatic N) is 3. The van der Waals surface area contributed by atoms with Gasteiger partial charge in [0, 0.05) is 44.5 Å². The zero-order valence-corrected chi connectivity index (χ0v) is 20.2. The molecule has 0 aliphatic carbocycles. The second-order valence-corrected chi connectivity index (χ2v) is 10.9. The lowest BCUT2D eigenvalue weighted by Gasteiger charge is -2.41. The second-order valence-electron chi connectivity index (χ2n) is 8.71. The quantitative estimate of drug-likeness (QED) is 0.508. The van der Waals surface area contributed by atoms with E-state index in [2.05, 4.69) is 4.90 Å². The van der Waals surface area contributed by atoms with E-state index in [1.807, 2.05) is 0 Å². The summed E-state index contributed by atoms with van der Waals surface area (Å²) in [5.74, 6) is -0.978. The number of hydrogen-bond donors (Lipinski definition) is 0. The van der Waals surface area contributed by atoms with Crippen molar-refractivity contribution in [3.8, 4) is 0 Å². The van der Waals surface area contributed by atoms with Crippen molar-refractivity contribution in [1.82, 2.24) is 4.31 Å². The van der Waals surface area contributed by atoms with Gasteiger partial charge in [0.1, 0.15) is 10.7 Å². The fraction of sp³-hybridized carbons (Fsp3) is 0.478. The Labute approximate surface area is 201 Å². The number of benzene rings is 2. The summed E-state index contributed by atoms with van der Waals surface area (Å²) in [5, 5.41) is 0.164. The molecule has 0 bridgehead atoms. The molecule has 2 fully saturated rings. The first-order chi connectivity index (χ1) is 16.0. The number of rotatable bonds is 4. The Morgan fingerprint density at radius 1 is 0.941 bits per heavy atom. The largest absolute Gasteiger partial charge is 0.418 e. The molecule has 2 aliphatic rings. The van der Waals surface area contributed by atoms with Crippen molar-refractivity contribution in [3.05, 3.63) is 52.8 Å². The lowest BCUT2D eigenvalue weighted by atomic mass is 10.1. The number of anilines is 2. The molecule has 34 heavy (non-hydrogen) atoms. The zero-order valence-electron chi connectivity index (χ0n) is 18.7. The smallest absolute Gasteiger partial charge is 0.370 e. The number of alkyl halides is 3. The zero-order chi connectivity index (χ0) is 24.7. The van der Waals surface area contributed by atoms with Crippen molar-refractivity contribution in [2.24, 2.45) is 0 Å². The number of piperidine rings is 1. The van der Waals surface area contributed by atoms with E-state index in [1.54, 1.807) is 19.1 Å². The van der Waals surface area contributed by atoms with Gasteiger partial charge < -0.3 is 9.80 Å². The summed E-state index contributed by atoms with van der Waals surface area (Å²) < 4.78 is 82.3. The van der Waals surface area contributed by atoms with Crippen molar-refractivity contribution in [1.29, 1.82) is 0 Å². The first kappa shape index (κ1) is 25.1. The predicted octanol–water partition coefficient (Wildman–Crippen LogP) is 5.39. The molecule has 11 heteroatoms. The average Bonchev–Trinajstić information content (AvgIpc) is 2.79. The summed E-state index contributed by atoms with van der Waals surface area (Å²) in [6, 6.07) is 6.84. The number of sulfonamides is 1. The van der Waals surface area contributed by atoms with Crippen LogP contribution in [0.2, 0.25) is 5.02 Å². The molecule has 0 radical (unpaired) electrons. The minimum absolute atomic E-state index is 0.00435. The number of piperazine rings is 1. The molecule has 0 saturated carbocycles. The van der Waals surface area contributed by atoms with Gasteiger partial charge in [-0.3, -0.25) is 0 Å². The van der Waals surface area contributed by atoms with Gasteiger partial charge in [-0.1, -0.05) is 17.7 Å². The molecule has 2 aromatic rings. The Hall–Kier alpha value is -2.04. The van der Waals surface area contributed by atoms with Crippen LogP contribution >= 0.6 is 11.6 Å². The van der Waals surface area contributed by atoms with E-state index < -0.39 is 33.6 Å². The third-order valence-corrected chi connectivity index (χ3v) is 8.96. The Morgan fingerprint density at radius 2 is 1.65 bits per heavy atom. The lowest BCUT2D eigenvalue weighted by Crippen LogP contribution is -2.54. The van der Waals surface area contributed by atoms with Crippen LogP contribution in [-0.4, -0.2) is 51.5 Å². The molecule has 0 N–H and O–H groups in total. The normalized spacial score (nSPS) is 20.6. The van der Waals surface area contributed by atoms with E-state index in [0.29, 0.717) is 11.8 Å². The minimum atomic E-state index is -4.73. The molecule has 5 nitrogen and oxygen atoms in total. The van der Waals surface area contributed by atoms with E-state index >= 15 is 0 Å². The fourth-order valence-corrected chi connectivity index (χ4v) is 6.97. The van der Waals surface area contributed by atoms with Crippen LogP contribution in [0.25, 0.3) is 0 Å². The Balaban J connectivity index is 1.59. The Bertz CT molecular complexity index is 1150. The molecular formula is C23H26ClF4N3O2S. The maximum absolute atomic E-state index is 13.5. The summed E-state index contributed by atoms with van der Waals surface area (Å²) in [7, 11) is -3.99. The lowest BCUT2D eigenvalue weighted by molar-refractivity contribution is -0.137. The van der Waals surface area contributed by atoms with E-state index in [-0.39, 0.29) is 35.2 Å². The highest BCUT2D eigenvalue weighted by atomic mass is 35.5. The summed E-state index contributed by atoms with van der Waals surface area (Å²) in [6.07, 6.45) is -1.59. The molecule has 186 valence electrons. The molecule has 2 saturated heterocycles. The molecule has 2 aliphatic heterocycles. The topological polar surface area (TPSA) is 43.9 Å². The third-order valence-electron chi connectivity index (χ3n) is 6.40. The van der Waals surface area contributed by atoms with Gasteiger partial charge in [-0.25, -0.2) is 12.8 Å². The monoisotopic (exact) mass is 519 g/mol. The summed E-state index contributed by atoms with van der Waals surface area (Å²) >= 11 is 6.59. The summed E-state index contributed by atoms with van der Waals surface area (Å²) in [5.41, 5.74) is -0.564. The van der Waals surface area contributed by atoms with Gasteiger partial charge in [0.25, 0.3) is 0 Å². The summed E-state index contributed by atoms with van der Waals surface area (Å²) in [4.78, 5) is 3.53. The predicted molar refractivity (Wildman–Crippen MR) is 124 cm³/mol. The van der Waals surface area contributed by atoms with Gasteiger partial charge in [0.2, 0.25) is 10.0 Å². The van der Waals surface area contributed by atoms with Crippen LogP contribution in [0, 0.1) is 5.82 Å². The highest BCUT2D eigenvalue weighted by molar-refractivity contribution is 7.89. The molecule has 2 heterocycles. The van der Waals surface area contributed by atoms with Crippen molar-refractivity contribution >= 4 is 33.0 Å². The van der Waals surface area contributed by atoms with E-state index in [0.717, 1.165) is 44.5 Å². The summed E-state index contributed by atoms with van der Waals surface area (Å²) in [6.45, 7) is 3.28. The molecule has 0 aromatic heterocycles. The maximum Gasteiger partial charge on any atom is 0.418 e. The van der Waals surface area contributed by atoms with Crippen LogP contribution < -0.4 is 9.80 Å². The highest BCUT2D eigenvalue weighted by Crippen LogP contribution is 2.39. The average molecular weight is 520 g/mol. The molecule has 0 spiro atoms. The van der Waals surface area contributed by atoms with Crippen LogP contribution in [0.5, 0.6) is 0 Å². The molecule has 0 amide bonds. The minimum Gasteiger partial charge on any atom is -0.370 e. The van der Waals surface area contributed by atoms with Gasteiger partial charge >= 0.3 is 6.18 Å². The first-order valence-electron chi connectivity index (χ1n) is 11.2. The van der Waals surface area contributed by atoms with Crippen LogP contribution in [-0.2, 0) is 16.2 Å². The van der Waals surface area contributed by atoms with Gasteiger partial charge in [0.15, 0.2) is 0 Å². The van der Waals surface area contributed by atoms with Crippen LogP contribution in [0.4, 0.5) is 28.9 Å². The SMILES string of the molecule is C[C@@H]1CN(c2ccc(F)cc2C(F)(F)F)CCN1S(=O)(=O)c1cccc(N2CCCCC2)c1Cl. The van der Waals surface area contributed by atoms with Gasteiger partial charge in [-0.05, 0) is 56.5 Å². The third kappa shape index (κ3) is 4.85. The highest BCUT2D eigenvalue weighted by Gasteiger charge is 2.39.